The number of hydrogen-bond acceptors (Lipinski definition) is 4. The molecule has 0 atom stereocenters. The van der Waals surface area contributed by atoms with Gasteiger partial charge in [-0.25, -0.2) is 22.8 Å². The van der Waals surface area contributed by atoms with Gasteiger partial charge < -0.3 is 9.73 Å². The van der Waals surface area contributed by atoms with Crippen molar-refractivity contribution >= 4 is 11.6 Å². The number of benzene rings is 2. The summed E-state index contributed by atoms with van der Waals surface area (Å²) in [4.78, 5) is 16.1. The van der Waals surface area contributed by atoms with Gasteiger partial charge in [0.2, 0.25) is 5.91 Å². The second-order valence-corrected chi connectivity index (χ2v) is 6.38. The summed E-state index contributed by atoms with van der Waals surface area (Å²) >= 11 is 0. The molecule has 0 fully saturated rings. The quantitative estimate of drug-likeness (QED) is 0.506. The average Bonchev–Trinajstić information content (AvgIpc) is 3.39. The summed E-state index contributed by atoms with van der Waals surface area (Å²) in [6, 6.07) is 9.40. The number of aromatic nitrogens is 3. The molecule has 0 spiro atoms. The van der Waals surface area contributed by atoms with Crippen molar-refractivity contribution in [2.45, 2.75) is 12.8 Å². The van der Waals surface area contributed by atoms with Gasteiger partial charge in [0.25, 0.3) is 0 Å². The standard InChI is InChI=1S/C21H15F3N4O2/c22-14-3-1-4-15(23)21(14)18-12-25-20(30-18)8-7-19(29)27-13-5-6-17(16(24)11-13)28-10-2-9-26-28/h1-6,9-12H,7-8H2,(H,27,29). The van der Waals surface area contributed by atoms with Crippen LogP contribution in [0.15, 0.2) is 65.5 Å². The summed E-state index contributed by atoms with van der Waals surface area (Å²) in [5, 5.41) is 6.54. The Kier molecular flexibility index (Phi) is 5.34. The first kappa shape index (κ1) is 19.4. The number of nitrogens with one attached hydrogen (secondary N) is 1. The summed E-state index contributed by atoms with van der Waals surface area (Å²) in [5.74, 6) is -2.37. The van der Waals surface area contributed by atoms with Crippen LogP contribution < -0.4 is 5.32 Å². The third-order valence-corrected chi connectivity index (χ3v) is 4.31. The zero-order valence-corrected chi connectivity index (χ0v) is 15.5. The molecule has 30 heavy (non-hydrogen) atoms. The first-order valence-corrected chi connectivity index (χ1v) is 9.00. The highest BCUT2D eigenvalue weighted by Crippen LogP contribution is 2.27. The molecule has 9 heteroatoms. The van der Waals surface area contributed by atoms with Crippen molar-refractivity contribution in [3.8, 4) is 17.0 Å². The van der Waals surface area contributed by atoms with Crippen LogP contribution in [0.4, 0.5) is 18.9 Å². The largest absolute Gasteiger partial charge is 0.441 e. The van der Waals surface area contributed by atoms with Crippen LogP contribution in [0, 0.1) is 17.5 Å². The molecule has 0 saturated heterocycles. The summed E-state index contributed by atoms with van der Waals surface area (Å²) < 4.78 is 48.6. The molecule has 0 radical (unpaired) electrons. The molecule has 2 aromatic carbocycles. The van der Waals surface area contributed by atoms with Gasteiger partial charge in [0.1, 0.15) is 17.3 Å². The van der Waals surface area contributed by atoms with Crippen molar-refractivity contribution in [3.05, 3.63) is 84.4 Å². The Morgan fingerprint density at radius 3 is 2.57 bits per heavy atom. The Bertz CT molecular complexity index is 1170. The third-order valence-electron chi connectivity index (χ3n) is 4.31. The molecular weight excluding hydrogens is 397 g/mol. The first-order valence-electron chi connectivity index (χ1n) is 9.00. The number of oxazole rings is 1. The number of carbonyl (C=O) groups excluding carboxylic acids is 1. The first-order chi connectivity index (χ1) is 14.5. The molecule has 1 N–H and O–H groups in total. The van der Waals surface area contributed by atoms with Crippen molar-refractivity contribution < 1.29 is 22.4 Å². The number of nitrogens with zero attached hydrogens (tertiary/aromatic N) is 3. The maximum Gasteiger partial charge on any atom is 0.224 e. The van der Waals surface area contributed by atoms with Gasteiger partial charge in [0.15, 0.2) is 17.5 Å². The maximum absolute atomic E-state index is 14.2. The van der Waals surface area contributed by atoms with Gasteiger partial charge in [0, 0.05) is 30.9 Å². The maximum atomic E-state index is 14.2. The van der Waals surface area contributed by atoms with Crippen molar-refractivity contribution in [1.82, 2.24) is 14.8 Å². The summed E-state index contributed by atoms with van der Waals surface area (Å²) in [6.07, 6.45) is 4.44. The van der Waals surface area contributed by atoms with Crippen LogP contribution in [0.3, 0.4) is 0 Å². The van der Waals surface area contributed by atoms with E-state index in [1.807, 2.05) is 0 Å². The topological polar surface area (TPSA) is 73.0 Å². The molecule has 2 aromatic heterocycles. The Labute approximate surface area is 169 Å². The fourth-order valence-corrected chi connectivity index (χ4v) is 2.90. The Morgan fingerprint density at radius 1 is 1.07 bits per heavy atom. The lowest BCUT2D eigenvalue weighted by Gasteiger charge is -2.08. The van der Waals surface area contributed by atoms with Crippen LogP contribution in [-0.2, 0) is 11.2 Å². The van der Waals surface area contributed by atoms with Gasteiger partial charge in [-0.3, -0.25) is 4.79 Å². The van der Waals surface area contributed by atoms with Gasteiger partial charge in [-0.2, -0.15) is 5.10 Å². The molecule has 4 aromatic rings. The second kappa shape index (κ2) is 8.24. The minimum absolute atomic E-state index is 0.0117. The molecular formula is C21H15F3N4O2. The summed E-state index contributed by atoms with van der Waals surface area (Å²) in [6.45, 7) is 0. The number of hydrogen-bond donors (Lipinski definition) is 1. The van der Waals surface area contributed by atoms with E-state index in [4.69, 9.17) is 4.42 Å². The van der Waals surface area contributed by atoms with E-state index in [2.05, 4.69) is 15.4 Å². The zero-order valence-electron chi connectivity index (χ0n) is 15.5. The molecule has 6 nitrogen and oxygen atoms in total. The van der Waals surface area contributed by atoms with Crippen LogP contribution in [0.25, 0.3) is 17.0 Å². The van der Waals surface area contributed by atoms with Crippen molar-refractivity contribution in [3.63, 3.8) is 0 Å². The average molecular weight is 412 g/mol. The highest BCUT2D eigenvalue weighted by Gasteiger charge is 2.16. The predicted octanol–water partition coefficient (Wildman–Crippen LogP) is 4.52. The van der Waals surface area contributed by atoms with Gasteiger partial charge in [-0.05, 0) is 36.4 Å². The zero-order chi connectivity index (χ0) is 21.1. The second-order valence-electron chi connectivity index (χ2n) is 6.38. The molecule has 1 amide bonds. The Hall–Kier alpha value is -3.88. The van der Waals surface area contributed by atoms with Crippen molar-refractivity contribution in [2.24, 2.45) is 0 Å². The number of rotatable bonds is 6. The summed E-state index contributed by atoms with van der Waals surface area (Å²) in [5.41, 5.74) is 0.231. The normalized spacial score (nSPS) is 10.9. The third kappa shape index (κ3) is 4.09. The molecule has 152 valence electrons. The molecule has 2 heterocycles. The number of halogens is 3. The monoisotopic (exact) mass is 412 g/mol. The van der Waals surface area contributed by atoms with E-state index in [0.717, 1.165) is 12.1 Å². The number of amides is 1. The highest BCUT2D eigenvalue weighted by atomic mass is 19.1. The van der Waals surface area contributed by atoms with E-state index in [9.17, 15) is 18.0 Å². The van der Waals surface area contributed by atoms with Crippen LogP contribution in [-0.4, -0.2) is 20.7 Å². The smallest absolute Gasteiger partial charge is 0.224 e. The number of anilines is 1. The van der Waals surface area contributed by atoms with Gasteiger partial charge in [0.05, 0.1) is 11.8 Å². The van der Waals surface area contributed by atoms with Gasteiger partial charge in [-0.15, -0.1) is 0 Å². The summed E-state index contributed by atoms with van der Waals surface area (Å²) in [7, 11) is 0. The van der Waals surface area contributed by atoms with Crippen LogP contribution in [0.2, 0.25) is 0 Å². The van der Waals surface area contributed by atoms with Crippen molar-refractivity contribution in [1.29, 1.82) is 0 Å². The van der Waals surface area contributed by atoms with E-state index in [-0.39, 0.29) is 41.4 Å². The lowest BCUT2D eigenvalue weighted by Crippen LogP contribution is -2.13. The van der Waals surface area contributed by atoms with Crippen LogP contribution >= 0.6 is 0 Å². The van der Waals surface area contributed by atoms with Crippen LogP contribution in [0.5, 0.6) is 0 Å². The molecule has 0 unspecified atom stereocenters. The predicted molar refractivity (Wildman–Crippen MR) is 102 cm³/mol. The molecule has 0 saturated carbocycles. The van der Waals surface area contributed by atoms with Crippen molar-refractivity contribution in [2.75, 3.05) is 5.32 Å². The lowest BCUT2D eigenvalue weighted by atomic mass is 10.1. The van der Waals surface area contributed by atoms with E-state index >= 15 is 0 Å². The molecule has 0 bridgehead atoms. The molecule has 0 aliphatic rings. The van der Waals surface area contributed by atoms with Crippen LogP contribution in [0.1, 0.15) is 12.3 Å². The molecule has 0 aliphatic carbocycles. The fraction of sp³-hybridized carbons (Fsp3) is 0.0952. The van der Waals surface area contributed by atoms with Gasteiger partial charge in [-0.1, -0.05) is 6.07 Å². The van der Waals surface area contributed by atoms with Gasteiger partial charge >= 0.3 is 0 Å². The highest BCUT2D eigenvalue weighted by molar-refractivity contribution is 5.90. The fourth-order valence-electron chi connectivity index (χ4n) is 2.90. The van der Waals surface area contributed by atoms with E-state index in [0.29, 0.717) is 0 Å². The number of carbonyl (C=O) groups is 1. The lowest BCUT2D eigenvalue weighted by molar-refractivity contribution is -0.116. The minimum Gasteiger partial charge on any atom is -0.441 e. The molecule has 0 aliphatic heterocycles. The molecule has 4 rings (SSSR count). The Balaban J connectivity index is 1.38. The SMILES string of the molecule is O=C(CCc1ncc(-c2c(F)cccc2F)o1)Nc1ccc(-n2cccn2)c(F)c1. The van der Waals surface area contributed by atoms with E-state index in [1.54, 1.807) is 18.3 Å². The number of aryl methyl sites for hydroxylation is 1. The Morgan fingerprint density at radius 2 is 1.87 bits per heavy atom. The minimum atomic E-state index is -0.768. The van der Waals surface area contributed by atoms with E-state index in [1.165, 1.54) is 35.3 Å². The van der Waals surface area contributed by atoms with E-state index < -0.39 is 23.4 Å².